The van der Waals surface area contributed by atoms with Crippen LogP contribution in [-0.2, 0) is 16.4 Å². The van der Waals surface area contributed by atoms with Gasteiger partial charge in [0.2, 0.25) is 0 Å². The van der Waals surface area contributed by atoms with Gasteiger partial charge in [-0.25, -0.2) is 13.4 Å². The molecule has 1 fully saturated rings. The number of benzene rings is 1. The van der Waals surface area contributed by atoms with Crippen LogP contribution in [0.5, 0.6) is 0 Å². The summed E-state index contributed by atoms with van der Waals surface area (Å²) < 4.78 is 23.4. The number of aliphatic imine (C=N–C) groups is 1. The number of guanidine groups is 1. The predicted octanol–water partition coefficient (Wildman–Crippen LogP) is 2.41. The average Bonchev–Trinajstić information content (AvgIpc) is 2.56. The number of rotatable bonds is 6. The lowest BCUT2D eigenvalue weighted by Gasteiger charge is -2.30. The Morgan fingerprint density at radius 1 is 1.33 bits per heavy atom. The summed E-state index contributed by atoms with van der Waals surface area (Å²) in [6.45, 7) is 8.44. The van der Waals surface area contributed by atoms with Crippen molar-refractivity contribution >= 4 is 39.8 Å². The molecule has 0 aromatic heterocycles. The van der Waals surface area contributed by atoms with Crippen LogP contribution in [0.15, 0.2) is 28.1 Å². The summed E-state index contributed by atoms with van der Waals surface area (Å²) in [4.78, 5) is 7.42. The molecule has 1 saturated heterocycles. The summed E-state index contributed by atoms with van der Waals surface area (Å²) in [5.74, 6) is 1.46. The van der Waals surface area contributed by atoms with E-state index in [2.05, 4.69) is 34.5 Å². The molecule has 1 aromatic rings. The highest BCUT2D eigenvalue weighted by molar-refractivity contribution is 14.0. The van der Waals surface area contributed by atoms with E-state index in [4.69, 9.17) is 0 Å². The minimum atomic E-state index is -3.18. The Morgan fingerprint density at radius 2 is 2.07 bits per heavy atom. The van der Waals surface area contributed by atoms with Crippen molar-refractivity contribution in [2.24, 2.45) is 10.9 Å². The number of likely N-dealkylation sites (tertiary alicyclic amines) is 1. The lowest BCUT2D eigenvalue weighted by molar-refractivity contribution is 0.210. The van der Waals surface area contributed by atoms with E-state index < -0.39 is 9.84 Å². The number of piperidine rings is 1. The third kappa shape index (κ3) is 7.95. The molecule has 1 atom stereocenters. The summed E-state index contributed by atoms with van der Waals surface area (Å²) in [7, 11) is -1.01. The molecule has 6 nitrogen and oxygen atoms in total. The van der Waals surface area contributed by atoms with Crippen LogP contribution >= 0.6 is 24.0 Å². The standard InChI is InChI=1S/C19H32N4O2S.HI/c1-5-20-19(22-13-17-7-6-10-23(3)14-17)21-12-16-8-9-18(15(2)11-16)26(4,24)25;/h8-9,11,17H,5-7,10,12-14H2,1-4H3,(H2,20,21,22);1H. The van der Waals surface area contributed by atoms with Crippen molar-refractivity contribution in [3.05, 3.63) is 29.3 Å². The molecule has 0 spiro atoms. The fourth-order valence-corrected chi connectivity index (χ4v) is 4.38. The third-order valence-electron chi connectivity index (χ3n) is 4.68. The Balaban J connectivity index is 0.00000364. The first-order valence-corrected chi connectivity index (χ1v) is 11.2. The van der Waals surface area contributed by atoms with Gasteiger partial charge in [0, 0.05) is 25.9 Å². The minimum Gasteiger partial charge on any atom is -0.357 e. The second-order valence-corrected chi connectivity index (χ2v) is 9.20. The molecule has 0 bridgehead atoms. The highest BCUT2D eigenvalue weighted by Gasteiger charge is 2.17. The van der Waals surface area contributed by atoms with Gasteiger partial charge < -0.3 is 15.5 Å². The van der Waals surface area contributed by atoms with Crippen LogP contribution < -0.4 is 10.6 Å². The first kappa shape index (κ1) is 24.2. The normalized spacial score (nSPS) is 18.7. The molecule has 2 rings (SSSR count). The molecule has 154 valence electrons. The zero-order chi connectivity index (χ0) is 19.2. The zero-order valence-corrected chi connectivity index (χ0v) is 19.9. The molecule has 1 unspecified atom stereocenters. The fraction of sp³-hybridized carbons (Fsp3) is 0.632. The Bertz CT molecular complexity index is 737. The molecule has 1 aliphatic heterocycles. The molecule has 8 heteroatoms. The van der Waals surface area contributed by atoms with Gasteiger partial charge in [-0.15, -0.1) is 24.0 Å². The van der Waals surface area contributed by atoms with Gasteiger partial charge in [-0.3, -0.25) is 0 Å². The lowest BCUT2D eigenvalue weighted by atomic mass is 9.99. The Kier molecular flexibility index (Phi) is 10.0. The maximum atomic E-state index is 11.7. The maximum absolute atomic E-state index is 11.7. The van der Waals surface area contributed by atoms with E-state index in [1.165, 1.54) is 25.6 Å². The molecule has 1 aromatic carbocycles. The second kappa shape index (κ2) is 11.2. The predicted molar refractivity (Wildman–Crippen MR) is 123 cm³/mol. The van der Waals surface area contributed by atoms with Gasteiger partial charge in [0.15, 0.2) is 15.8 Å². The summed E-state index contributed by atoms with van der Waals surface area (Å²) >= 11 is 0. The highest BCUT2D eigenvalue weighted by atomic mass is 127. The van der Waals surface area contributed by atoms with Crippen molar-refractivity contribution in [1.29, 1.82) is 0 Å². The molecule has 0 amide bonds. The van der Waals surface area contributed by atoms with E-state index in [0.717, 1.165) is 36.7 Å². The average molecular weight is 508 g/mol. The monoisotopic (exact) mass is 508 g/mol. The number of halogens is 1. The van der Waals surface area contributed by atoms with Crippen LogP contribution in [0.4, 0.5) is 0 Å². The van der Waals surface area contributed by atoms with Crippen molar-refractivity contribution in [3.63, 3.8) is 0 Å². The molecular formula is C19H33IN4O2S. The van der Waals surface area contributed by atoms with Crippen LogP contribution in [0.3, 0.4) is 0 Å². The van der Waals surface area contributed by atoms with Crippen molar-refractivity contribution in [1.82, 2.24) is 15.5 Å². The second-order valence-electron chi connectivity index (χ2n) is 7.22. The van der Waals surface area contributed by atoms with Crippen molar-refractivity contribution in [3.8, 4) is 0 Å². The topological polar surface area (TPSA) is 73.8 Å². The third-order valence-corrected chi connectivity index (χ3v) is 5.94. The van der Waals surface area contributed by atoms with Gasteiger partial charge in [0.05, 0.1) is 11.4 Å². The SMILES string of the molecule is CCNC(=NCc1ccc(S(C)(=O)=O)c(C)c1)NCC1CCCN(C)C1.I. The van der Waals surface area contributed by atoms with Gasteiger partial charge in [0.1, 0.15) is 0 Å². The quantitative estimate of drug-likeness (QED) is 0.351. The first-order valence-electron chi connectivity index (χ1n) is 9.30. The van der Waals surface area contributed by atoms with Crippen LogP contribution in [0.2, 0.25) is 0 Å². The van der Waals surface area contributed by atoms with E-state index in [1.807, 2.05) is 19.1 Å². The Hall–Kier alpha value is -0.870. The Labute approximate surface area is 181 Å². The summed E-state index contributed by atoms with van der Waals surface area (Å²) in [5, 5.41) is 6.73. The van der Waals surface area contributed by atoms with E-state index in [-0.39, 0.29) is 24.0 Å². The number of hydrogen-bond acceptors (Lipinski definition) is 4. The smallest absolute Gasteiger partial charge is 0.191 e. The first-order chi connectivity index (χ1) is 12.3. The van der Waals surface area contributed by atoms with Gasteiger partial charge in [-0.2, -0.15) is 0 Å². The number of nitrogens with one attached hydrogen (secondary N) is 2. The van der Waals surface area contributed by atoms with Crippen molar-refractivity contribution in [2.75, 3.05) is 39.5 Å². The number of sulfone groups is 1. The van der Waals surface area contributed by atoms with E-state index in [1.54, 1.807) is 6.07 Å². The molecule has 0 radical (unpaired) electrons. The molecule has 0 saturated carbocycles. The molecule has 1 aliphatic rings. The lowest BCUT2D eigenvalue weighted by Crippen LogP contribution is -2.43. The largest absolute Gasteiger partial charge is 0.357 e. The summed E-state index contributed by atoms with van der Waals surface area (Å²) in [5.41, 5.74) is 1.77. The molecule has 27 heavy (non-hydrogen) atoms. The number of aryl methyl sites for hydroxylation is 1. The minimum absolute atomic E-state index is 0. The van der Waals surface area contributed by atoms with Gasteiger partial charge in [-0.1, -0.05) is 12.1 Å². The number of hydrogen-bond donors (Lipinski definition) is 2. The molecule has 2 N–H and O–H groups in total. The van der Waals surface area contributed by atoms with Crippen LogP contribution in [0.1, 0.15) is 30.9 Å². The summed E-state index contributed by atoms with van der Waals surface area (Å²) in [6.07, 6.45) is 3.74. The molecular weight excluding hydrogens is 475 g/mol. The van der Waals surface area contributed by atoms with Crippen molar-refractivity contribution in [2.45, 2.75) is 38.1 Å². The van der Waals surface area contributed by atoms with Crippen LogP contribution in [0.25, 0.3) is 0 Å². The van der Waals surface area contributed by atoms with E-state index in [9.17, 15) is 8.42 Å². The molecule has 0 aliphatic carbocycles. The van der Waals surface area contributed by atoms with Crippen LogP contribution in [0, 0.1) is 12.8 Å². The maximum Gasteiger partial charge on any atom is 0.191 e. The van der Waals surface area contributed by atoms with Gasteiger partial charge >= 0.3 is 0 Å². The van der Waals surface area contributed by atoms with Crippen LogP contribution in [-0.4, -0.2) is 58.8 Å². The van der Waals surface area contributed by atoms with E-state index >= 15 is 0 Å². The number of nitrogens with zero attached hydrogens (tertiary/aromatic N) is 2. The summed E-state index contributed by atoms with van der Waals surface area (Å²) in [6, 6.07) is 5.42. The highest BCUT2D eigenvalue weighted by Crippen LogP contribution is 2.17. The molecule has 1 heterocycles. The van der Waals surface area contributed by atoms with Gasteiger partial charge in [0.25, 0.3) is 0 Å². The van der Waals surface area contributed by atoms with Gasteiger partial charge in [-0.05, 0) is 63.4 Å². The van der Waals surface area contributed by atoms with E-state index in [0.29, 0.717) is 17.4 Å². The Morgan fingerprint density at radius 3 is 2.67 bits per heavy atom. The zero-order valence-electron chi connectivity index (χ0n) is 16.8. The van der Waals surface area contributed by atoms with Crippen molar-refractivity contribution < 1.29 is 8.42 Å². The fourth-order valence-electron chi connectivity index (χ4n) is 3.42.